The van der Waals surface area contributed by atoms with Gasteiger partial charge in [-0.1, -0.05) is 308 Å². The first-order valence-corrected chi connectivity index (χ1v) is 33.5. The van der Waals surface area contributed by atoms with Gasteiger partial charge in [0.25, 0.3) is 0 Å². The van der Waals surface area contributed by atoms with Gasteiger partial charge in [-0.3, -0.25) is 14.4 Å². The molecule has 440 valence electrons. The van der Waals surface area contributed by atoms with E-state index >= 15 is 0 Å². The zero-order valence-corrected chi connectivity index (χ0v) is 50.6. The van der Waals surface area contributed by atoms with Crippen molar-refractivity contribution >= 4 is 17.9 Å². The summed E-state index contributed by atoms with van der Waals surface area (Å²) >= 11 is 0. The lowest BCUT2D eigenvalue weighted by Gasteiger charge is -2.18. The molecule has 0 N–H and O–H groups in total. The Kier molecular flexibility index (Phi) is 62.1. The Morgan fingerprint density at radius 1 is 0.267 bits per heavy atom. The van der Waals surface area contributed by atoms with E-state index in [2.05, 4.69) is 57.2 Å². The molecule has 0 saturated heterocycles. The second-order valence-electron chi connectivity index (χ2n) is 22.7. The van der Waals surface area contributed by atoms with Gasteiger partial charge in [0.2, 0.25) is 0 Å². The molecule has 0 aromatic rings. The van der Waals surface area contributed by atoms with Crippen LogP contribution in [-0.4, -0.2) is 37.2 Å². The van der Waals surface area contributed by atoms with Crippen LogP contribution in [0.4, 0.5) is 0 Å². The normalized spacial score (nSPS) is 12.2. The van der Waals surface area contributed by atoms with Crippen molar-refractivity contribution in [3.8, 4) is 0 Å². The van der Waals surface area contributed by atoms with Gasteiger partial charge in [-0.2, -0.15) is 0 Å². The van der Waals surface area contributed by atoms with Crippen LogP contribution in [0.3, 0.4) is 0 Å². The zero-order valence-electron chi connectivity index (χ0n) is 50.6. The zero-order chi connectivity index (χ0) is 54.3. The molecular weight excluding hydrogens is 925 g/mol. The van der Waals surface area contributed by atoms with Gasteiger partial charge < -0.3 is 14.2 Å². The van der Waals surface area contributed by atoms with Gasteiger partial charge in [-0.15, -0.1) is 0 Å². The average Bonchev–Trinajstić information content (AvgIpc) is 3.41. The molecule has 0 heterocycles. The second kappa shape index (κ2) is 64.2. The highest BCUT2D eigenvalue weighted by Gasteiger charge is 2.19. The molecule has 6 heteroatoms. The molecule has 75 heavy (non-hydrogen) atoms. The fourth-order valence-corrected chi connectivity index (χ4v) is 10.1. The molecule has 0 bridgehead atoms. The summed E-state index contributed by atoms with van der Waals surface area (Å²) in [6.07, 6.45) is 78.8. The maximum Gasteiger partial charge on any atom is 0.306 e. The molecule has 0 spiro atoms. The van der Waals surface area contributed by atoms with Gasteiger partial charge in [0.15, 0.2) is 6.10 Å². The molecule has 0 aliphatic rings. The monoisotopic (exact) mass is 1050 g/mol. The summed E-state index contributed by atoms with van der Waals surface area (Å²) in [4.78, 5) is 38.3. The first-order chi connectivity index (χ1) is 37.0. The molecule has 0 aromatic heterocycles. The molecule has 0 aliphatic heterocycles. The highest BCUT2D eigenvalue weighted by molar-refractivity contribution is 5.71. The van der Waals surface area contributed by atoms with E-state index in [-0.39, 0.29) is 31.1 Å². The largest absolute Gasteiger partial charge is 0.462 e. The predicted molar refractivity (Wildman–Crippen MR) is 326 cm³/mol. The minimum absolute atomic E-state index is 0.0683. The molecule has 0 amide bonds. The Morgan fingerprint density at radius 3 is 0.747 bits per heavy atom. The third kappa shape index (κ3) is 62.4. The molecule has 0 fully saturated rings. The maximum atomic E-state index is 12.9. The summed E-state index contributed by atoms with van der Waals surface area (Å²) in [5.41, 5.74) is 0. The van der Waals surface area contributed by atoms with E-state index in [0.29, 0.717) is 19.3 Å². The summed E-state index contributed by atoms with van der Waals surface area (Å²) in [5, 5.41) is 0. The van der Waals surface area contributed by atoms with Crippen LogP contribution >= 0.6 is 0 Å². The number of allylic oxidation sites excluding steroid dienone is 6. The van der Waals surface area contributed by atoms with Crippen molar-refractivity contribution in [2.45, 2.75) is 374 Å². The second-order valence-corrected chi connectivity index (χ2v) is 22.7. The number of unbranched alkanes of at least 4 members (excludes halogenated alkanes) is 45. The Hall–Kier alpha value is -2.37. The SMILES string of the molecule is CCCCCCC/C=C\C/C=C\CCCCCCCCCCCCCCCC(=O)OCC(COC(=O)CCCCCCCCCCCCC)OC(=O)CCCCCCCCCCC/C=C\CCCCCCCCCC. The first kappa shape index (κ1) is 72.6. The summed E-state index contributed by atoms with van der Waals surface area (Å²) < 4.78 is 16.9. The fraction of sp³-hybridized carbons (Fsp3) is 0.870. The van der Waals surface area contributed by atoms with Gasteiger partial charge in [0, 0.05) is 19.3 Å². The Balaban J connectivity index is 4.21. The molecule has 1 atom stereocenters. The summed E-state index contributed by atoms with van der Waals surface area (Å²) in [5.74, 6) is -0.848. The lowest BCUT2D eigenvalue weighted by molar-refractivity contribution is -0.167. The van der Waals surface area contributed by atoms with Crippen molar-refractivity contribution in [3.63, 3.8) is 0 Å². The first-order valence-electron chi connectivity index (χ1n) is 33.5. The minimum Gasteiger partial charge on any atom is -0.462 e. The third-order valence-corrected chi connectivity index (χ3v) is 15.1. The van der Waals surface area contributed by atoms with Crippen LogP contribution in [0.25, 0.3) is 0 Å². The number of carbonyl (C=O) groups is 3. The fourth-order valence-electron chi connectivity index (χ4n) is 10.1. The Labute approximate surface area is 467 Å². The number of carbonyl (C=O) groups excluding carboxylic acids is 3. The molecule has 0 aliphatic carbocycles. The average molecular weight is 1050 g/mol. The molecule has 1 unspecified atom stereocenters. The smallest absolute Gasteiger partial charge is 0.306 e. The van der Waals surface area contributed by atoms with Crippen LogP contribution in [-0.2, 0) is 28.6 Å². The molecule has 0 radical (unpaired) electrons. The van der Waals surface area contributed by atoms with Gasteiger partial charge >= 0.3 is 17.9 Å². The lowest BCUT2D eigenvalue weighted by atomic mass is 10.0. The number of hydrogen-bond donors (Lipinski definition) is 0. The number of ether oxygens (including phenoxy) is 3. The lowest BCUT2D eigenvalue weighted by Crippen LogP contribution is -2.30. The molecule has 6 nitrogen and oxygen atoms in total. The minimum atomic E-state index is -0.771. The topological polar surface area (TPSA) is 78.9 Å². The molecule has 0 aromatic carbocycles. The van der Waals surface area contributed by atoms with Crippen LogP contribution in [0.1, 0.15) is 367 Å². The van der Waals surface area contributed by atoms with Crippen molar-refractivity contribution in [1.82, 2.24) is 0 Å². The quantitative estimate of drug-likeness (QED) is 0.0261. The molecular formula is C69H128O6. The predicted octanol–water partition coefficient (Wildman–Crippen LogP) is 22.8. The Bertz CT molecular complexity index is 1250. The van der Waals surface area contributed by atoms with Crippen molar-refractivity contribution < 1.29 is 28.6 Å². The summed E-state index contributed by atoms with van der Waals surface area (Å²) in [7, 11) is 0. The standard InChI is InChI=1S/C69H128O6/c1-4-7-10-13-16-19-22-24-26-28-30-32-33-34-35-37-38-40-42-44-47-50-53-56-59-62-68(71)74-65-66(64-73-67(70)61-58-55-52-49-46-21-18-15-12-9-6-3)75-69(72)63-60-57-54-51-48-45-43-41-39-36-31-29-27-25-23-20-17-14-11-8-5-2/h22,24,28-31,66H,4-21,23,25-27,32-65H2,1-3H3/b24-22-,30-28-,31-29-. The third-order valence-electron chi connectivity index (χ3n) is 15.1. The van der Waals surface area contributed by atoms with E-state index in [1.165, 1.54) is 263 Å². The van der Waals surface area contributed by atoms with Crippen LogP contribution in [0.2, 0.25) is 0 Å². The van der Waals surface area contributed by atoms with Crippen LogP contribution in [0.15, 0.2) is 36.5 Å². The van der Waals surface area contributed by atoms with E-state index in [9.17, 15) is 14.4 Å². The van der Waals surface area contributed by atoms with E-state index < -0.39 is 6.10 Å². The summed E-state index contributed by atoms with van der Waals surface area (Å²) in [6, 6.07) is 0. The number of esters is 3. The van der Waals surface area contributed by atoms with E-state index in [1.807, 2.05) is 0 Å². The van der Waals surface area contributed by atoms with Crippen molar-refractivity contribution in [2.75, 3.05) is 13.2 Å². The van der Waals surface area contributed by atoms with Gasteiger partial charge in [-0.25, -0.2) is 0 Å². The molecule has 0 saturated carbocycles. The van der Waals surface area contributed by atoms with E-state index in [0.717, 1.165) is 64.2 Å². The van der Waals surface area contributed by atoms with Crippen molar-refractivity contribution in [2.24, 2.45) is 0 Å². The van der Waals surface area contributed by atoms with Crippen LogP contribution in [0.5, 0.6) is 0 Å². The van der Waals surface area contributed by atoms with Gasteiger partial charge in [0.1, 0.15) is 13.2 Å². The van der Waals surface area contributed by atoms with Crippen molar-refractivity contribution in [3.05, 3.63) is 36.5 Å². The number of rotatable bonds is 62. The van der Waals surface area contributed by atoms with E-state index in [4.69, 9.17) is 14.2 Å². The van der Waals surface area contributed by atoms with Crippen LogP contribution < -0.4 is 0 Å². The van der Waals surface area contributed by atoms with Gasteiger partial charge in [0.05, 0.1) is 0 Å². The highest BCUT2D eigenvalue weighted by atomic mass is 16.6. The molecule has 0 rings (SSSR count). The van der Waals surface area contributed by atoms with Crippen LogP contribution in [0, 0.1) is 0 Å². The van der Waals surface area contributed by atoms with E-state index in [1.54, 1.807) is 0 Å². The van der Waals surface area contributed by atoms with Crippen molar-refractivity contribution in [1.29, 1.82) is 0 Å². The highest BCUT2D eigenvalue weighted by Crippen LogP contribution is 2.18. The van der Waals surface area contributed by atoms with Gasteiger partial charge in [-0.05, 0) is 77.0 Å². The Morgan fingerprint density at radius 2 is 0.480 bits per heavy atom. The number of hydrogen-bond acceptors (Lipinski definition) is 6. The summed E-state index contributed by atoms with van der Waals surface area (Å²) in [6.45, 7) is 6.68. The maximum absolute atomic E-state index is 12.9.